The molecule has 0 saturated heterocycles. The Bertz CT molecular complexity index is 856. The first-order valence-corrected chi connectivity index (χ1v) is 8.95. The Morgan fingerprint density at radius 2 is 2.09 bits per heavy atom. The van der Waals surface area contributed by atoms with E-state index in [1.807, 2.05) is 24.5 Å². The highest BCUT2D eigenvalue weighted by atomic mass is 35.5. The zero-order valence-corrected chi connectivity index (χ0v) is 14.2. The van der Waals surface area contributed by atoms with Crippen molar-refractivity contribution in [2.75, 3.05) is 6.26 Å². The standard InChI is InChI=1S/C16H12ClN3S2/c1-3-4-12(21-2)11-9-22-16-13(11)14(17)19-15(20-16)10-5-7-18-8-6-10/h3-9H,1H2,2H3/b12-4-. The highest BCUT2D eigenvalue weighted by molar-refractivity contribution is 8.07. The van der Waals surface area contributed by atoms with Crippen LogP contribution in [0.3, 0.4) is 0 Å². The van der Waals surface area contributed by atoms with Gasteiger partial charge in [-0.15, -0.1) is 23.1 Å². The number of thioether (sulfide) groups is 1. The van der Waals surface area contributed by atoms with Crippen molar-refractivity contribution < 1.29 is 0 Å². The number of rotatable bonds is 4. The first-order valence-electron chi connectivity index (χ1n) is 6.46. The molecule has 3 rings (SSSR count). The molecule has 3 aromatic heterocycles. The second kappa shape index (κ2) is 6.60. The second-order valence-electron chi connectivity index (χ2n) is 4.37. The summed E-state index contributed by atoms with van der Waals surface area (Å²) >= 11 is 9.65. The van der Waals surface area contributed by atoms with Crippen LogP contribution in [-0.4, -0.2) is 21.2 Å². The van der Waals surface area contributed by atoms with Crippen molar-refractivity contribution in [1.82, 2.24) is 15.0 Å². The van der Waals surface area contributed by atoms with Gasteiger partial charge in [-0.05, 0) is 24.5 Å². The molecule has 0 N–H and O–H groups in total. The average molecular weight is 346 g/mol. The molecule has 0 radical (unpaired) electrons. The molecule has 0 aromatic carbocycles. The molecule has 3 aromatic rings. The molecule has 0 unspecified atom stereocenters. The molecule has 3 heterocycles. The Balaban J connectivity index is 2.19. The van der Waals surface area contributed by atoms with Gasteiger partial charge in [0.1, 0.15) is 9.98 Å². The van der Waals surface area contributed by atoms with Crippen molar-refractivity contribution in [3.05, 3.63) is 59.4 Å². The van der Waals surface area contributed by atoms with E-state index in [-0.39, 0.29) is 0 Å². The van der Waals surface area contributed by atoms with Crippen molar-refractivity contribution in [2.24, 2.45) is 0 Å². The number of pyridine rings is 1. The van der Waals surface area contributed by atoms with Crippen LogP contribution in [0.5, 0.6) is 0 Å². The van der Waals surface area contributed by atoms with Gasteiger partial charge in [-0.2, -0.15) is 0 Å². The van der Waals surface area contributed by atoms with Crippen LogP contribution in [0, 0.1) is 0 Å². The number of allylic oxidation sites excluding steroid dienone is 2. The number of nitrogens with zero attached hydrogens (tertiary/aromatic N) is 3. The molecule has 0 atom stereocenters. The van der Waals surface area contributed by atoms with Gasteiger partial charge in [-0.25, -0.2) is 9.97 Å². The van der Waals surface area contributed by atoms with Crippen LogP contribution >= 0.6 is 34.7 Å². The van der Waals surface area contributed by atoms with Crippen LogP contribution in [0.1, 0.15) is 5.56 Å². The molecule has 0 spiro atoms. The summed E-state index contributed by atoms with van der Waals surface area (Å²) in [6.45, 7) is 3.76. The first-order chi connectivity index (χ1) is 10.7. The van der Waals surface area contributed by atoms with Crippen LogP contribution in [0.4, 0.5) is 0 Å². The summed E-state index contributed by atoms with van der Waals surface area (Å²) in [5, 5.41) is 3.43. The smallest absolute Gasteiger partial charge is 0.162 e. The molecule has 0 aliphatic rings. The van der Waals surface area contributed by atoms with E-state index < -0.39 is 0 Å². The zero-order valence-electron chi connectivity index (χ0n) is 11.8. The fourth-order valence-corrected chi connectivity index (χ4v) is 4.04. The van der Waals surface area contributed by atoms with Crippen LogP contribution in [0.2, 0.25) is 5.15 Å². The third kappa shape index (κ3) is 2.79. The molecule has 0 aliphatic heterocycles. The molecule has 0 amide bonds. The van der Waals surface area contributed by atoms with E-state index in [1.165, 1.54) is 0 Å². The van der Waals surface area contributed by atoms with Crippen molar-refractivity contribution >= 4 is 49.8 Å². The number of hydrogen-bond acceptors (Lipinski definition) is 5. The Morgan fingerprint density at radius 3 is 2.77 bits per heavy atom. The summed E-state index contributed by atoms with van der Waals surface area (Å²) in [7, 11) is 0. The summed E-state index contributed by atoms with van der Waals surface area (Å²) in [5.74, 6) is 0.617. The lowest BCUT2D eigenvalue weighted by Gasteiger charge is -2.05. The van der Waals surface area contributed by atoms with Crippen molar-refractivity contribution in [1.29, 1.82) is 0 Å². The van der Waals surface area contributed by atoms with E-state index >= 15 is 0 Å². The summed E-state index contributed by atoms with van der Waals surface area (Å²) in [6, 6.07) is 3.74. The first kappa shape index (κ1) is 15.2. The summed E-state index contributed by atoms with van der Waals surface area (Å²) < 4.78 is 0. The summed E-state index contributed by atoms with van der Waals surface area (Å²) in [6.07, 6.45) is 9.21. The highest BCUT2D eigenvalue weighted by Crippen LogP contribution is 2.38. The molecule has 3 nitrogen and oxygen atoms in total. The van der Waals surface area contributed by atoms with Crippen LogP contribution in [0.25, 0.3) is 26.5 Å². The molecule has 6 heteroatoms. The minimum atomic E-state index is 0.470. The molecular formula is C16H12ClN3S2. The quantitative estimate of drug-likeness (QED) is 0.475. The highest BCUT2D eigenvalue weighted by Gasteiger charge is 2.15. The van der Waals surface area contributed by atoms with Crippen molar-refractivity contribution in [3.8, 4) is 11.4 Å². The van der Waals surface area contributed by atoms with Gasteiger partial charge in [-0.1, -0.05) is 24.3 Å². The van der Waals surface area contributed by atoms with Gasteiger partial charge >= 0.3 is 0 Å². The van der Waals surface area contributed by atoms with Crippen LogP contribution in [0.15, 0.2) is 48.6 Å². The maximum absolute atomic E-state index is 6.44. The monoisotopic (exact) mass is 345 g/mol. The number of fused-ring (bicyclic) bond motifs is 1. The fraction of sp³-hybridized carbons (Fsp3) is 0.0625. The van der Waals surface area contributed by atoms with Gasteiger partial charge in [0.05, 0.1) is 5.39 Å². The predicted octanol–water partition coefficient (Wildman–Crippen LogP) is 5.30. The Kier molecular flexibility index (Phi) is 4.57. The molecule has 110 valence electrons. The Morgan fingerprint density at radius 1 is 1.32 bits per heavy atom. The minimum absolute atomic E-state index is 0.470. The van der Waals surface area contributed by atoms with E-state index in [4.69, 9.17) is 11.6 Å². The molecule has 0 saturated carbocycles. The predicted molar refractivity (Wildman–Crippen MR) is 97.3 cm³/mol. The summed E-state index contributed by atoms with van der Waals surface area (Å²) in [4.78, 5) is 15.1. The third-order valence-electron chi connectivity index (χ3n) is 3.08. The average Bonchev–Trinajstić information content (AvgIpc) is 2.98. The topological polar surface area (TPSA) is 38.7 Å². The van der Waals surface area contributed by atoms with Crippen LogP contribution < -0.4 is 0 Å². The van der Waals surface area contributed by atoms with E-state index in [0.717, 1.165) is 26.2 Å². The molecular weight excluding hydrogens is 334 g/mol. The number of aromatic nitrogens is 3. The van der Waals surface area contributed by atoms with Gasteiger partial charge in [0.25, 0.3) is 0 Å². The third-order valence-corrected chi connectivity index (χ3v) is 5.02. The molecule has 0 bridgehead atoms. The zero-order chi connectivity index (χ0) is 15.5. The lowest BCUT2D eigenvalue weighted by atomic mass is 10.2. The van der Waals surface area contributed by atoms with E-state index in [9.17, 15) is 0 Å². The van der Waals surface area contributed by atoms with Gasteiger partial charge in [0.15, 0.2) is 5.82 Å². The largest absolute Gasteiger partial charge is 0.265 e. The van der Waals surface area contributed by atoms with Gasteiger partial charge in [0, 0.05) is 33.8 Å². The number of thiophene rings is 1. The number of halogens is 1. The second-order valence-corrected chi connectivity index (χ2v) is 6.44. The lowest BCUT2D eigenvalue weighted by molar-refractivity contribution is 1.22. The minimum Gasteiger partial charge on any atom is -0.265 e. The van der Waals surface area contributed by atoms with E-state index in [2.05, 4.69) is 26.9 Å². The molecule has 0 aliphatic carbocycles. The Labute approximate surface area is 141 Å². The van der Waals surface area contributed by atoms with Crippen molar-refractivity contribution in [2.45, 2.75) is 0 Å². The van der Waals surface area contributed by atoms with Gasteiger partial charge in [0.2, 0.25) is 0 Å². The summed E-state index contributed by atoms with van der Waals surface area (Å²) in [5.41, 5.74) is 1.96. The lowest BCUT2D eigenvalue weighted by Crippen LogP contribution is -1.91. The molecule has 22 heavy (non-hydrogen) atoms. The Hall–Kier alpha value is -1.69. The maximum Gasteiger partial charge on any atom is 0.162 e. The van der Waals surface area contributed by atoms with E-state index in [0.29, 0.717) is 11.0 Å². The van der Waals surface area contributed by atoms with E-state index in [1.54, 1.807) is 41.6 Å². The van der Waals surface area contributed by atoms with Crippen molar-refractivity contribution in [3.63, 3.8) is 0 Å². The normalized spacial score (nSPS) is 11.8. The number of hydrogen-bond donors (Lipinski definition) is 0. The van der Waals surface area contributed by atoms with Gasteiger partial charge < -0.3 is 0 Å². The molecule has 0 fully saturated rings. The maximum atomic E-state index is 6.44. The fourth-order valence-electron chi connectivity index (χ4n) is 2.09. The SMILES string of the molecule is C=C/C=C(\SC)c1csc2nc(-c3ccncc3)nc(Cl)c12. The van der Waals surface area contributed by atoms with Gasteiger partial charge in [-0.3, -0.25) is 4.98 Å². The van der Waals surface area contributed by atoms with Crippen LogP contribution in [-0.2, 0) is 0 Å².